The fourth-order valence-corrected chi connectivity index (χ4v) is 10.3. The smallest absolute Gasteiger partial charge is 0.306 e. The molecule has 0 aromatic rings. The van der Waals surface area contributed by atoms with Crippen molar-refractivity contribution in [1.29, 1.82) is 0 Å². The molecule has 0 saturated heterocycles. The number of allylic oxidation sites excluding steroid dienone is 17. The molecule has 0 aliphatic rings. The Balaban J connectivity index is 5.11. The minimum atomic E-state index is -4.72. The molecule has 0 fully saturated rings. The van der Waals surface area contributed by atoms with E-state index in [2.05, 4.69) is 123 Å². The van der Waals surface area contributed by atoms with Gasteiger partial charge in [0, 0.05) is 12.8 Å². The summed E-state index contributed by atoms with van der Waals surface area (Å²) in [6.07, 6.45) is 86.4. The van der Waals surface area contributed by atoms with Crippen LogP contribution in [0.1, 0.15) is 297 Å². The molecule has 0 bridgehead atoms. The second-order valence-corrected chi connectivity index (χ2v) is 25.7. The van der Waals surface area contributed by atoms with Gasteiger partial charge in [-0.1, -0.05) is 278 Å². The van der Waals surface area contributed by atoms with Crippen LogP contribution in [0.15, 0.2) is 109 Å². The van der Waals surface area contributed by atoms with Crippen LogP contribution in [-0.4, -0.2) is 69.4 Å². The Morgan fingerprint density at radius 1 is 0.429 bits per heavy atom. The number of hydrogen-bond donors (Lipinski definition) is 1. The van der Waals surface area contributed by atoms with E-state index in [4.69, 9.17) is 13.8 Å². The summed E-state index contributed by atoms with van der Waals surface area (Å²) >= 11 is 0. The molecule has 1 amide bonds. The molecule has 0 aliphatic heterocycles. The number of phosphoric acid groups is 1. The molecule has 1 N–H and O–H groups in total. The van der Waals surface area contributed by atoms with Crippen molar-refractivity contribution in [1.82, 2.24) is 5.32 Å². The summed E-state index contributed by atoms with van der Waals surface area (Å²) in [6.45, 7) is 6.69. The molecule has 10 heteroatoms. The maximum Gasteiger partial charge on any atom is 0.306 e. The Labute approximate surface area is 519 Å². The first-order valence-electron chi connectivity index (χ1n) is 34.7. The van der Waals surface area contributed by atoms with E-state index < -0.39 is 26.6 Å². The van der Waals surface area contributed by atoms with Crippen molar-refractivity contribution in [2.24, 2.45) is 0 Å². The number of nitrogens with one attached hydrogen (secondary N) is 1. The average molecular weight is 1190 g/mol. The van der Waals surface area contributed by atoms with Crippen molar-refractivity contribution in [2.45, 2.75) is 309 Å². The van der Waals surface area contributed by atoms with Gasteiger partial charge in [-0.2, -0.15) is 0 Å². The number of phosphoric ester groups is 1. The second-order valence-electron chi connectivity index (χ2n) is 24.3. The van der Waals surface area contributed by atoms with Crippen LogP contribution in [0, 0.1) is 0 Å². The predicted molar refractivity (Wildman–Crippen MR) is 362 cm³/mol. The highest BCUT2D eigenvalue weighted by Crippen LogP contribution is 2.38. The summed E-state index contributed by atoms with van der Waals surface area (Å²) in [5.41, 5.74) is 0. The fraction of sp³-hybridized carbons (Fsp3) is 0.730. The lowest BCUT2D eigenvalue weighted by Gasteiger charge is -2.30. The van der Waals surface area contributed by atoms with E-state index in [0.29, 0.717) is 23.9 Å². The second kappa shape index (κ2) is 62.7. The molecule has 3 atom stereocenters. The number of nitrogens with zero attached hydrogens (tertiary/aromatic N) is 1. The quantitative estimate of drug-likeness (QED) is 0.0212. The van der Waals surface area contributed by atoms with Crippen LogP contribution in [0.25, 0.3) is 0 Å². The zero-order valence-corrected chi connectivity index (χ0v) is 56.2. The van der Waals surface area contributed by atoms with Crippen LogP contribution < -0.4 is 10.2 Å². The zero-order chi connectivity index (χ0) is 61.4. The summed E-state index contributed by atoms with van der Waals surface area (Å²) in [4.78, 5) is 40.1. The molecule has 84 heavy (non-hydrogen) atoms. The Hall–Kier alpha value is -3.33. The van der Waals surface area contributed by atoms with Crippen molar-refractivity contribution in [2.75, 3.05) is 40.9 Å². The molecular formula is C74H131N2O7P. The molecule has 0 spiro atoms. The number of unbranched alkanes of at least 4 members (excludes halogenated alkanes) is 30. The van der Waals surface area contributed by atoms with Gasteiger partial charge in [0.05, 0.1) is 33.8 Å². The molecule has 0 heterocycles. The number of hydrogen-bond acceptors (Lipinski definition) is 7. The first-order chi connectivity index (χ1) is 40.9. The summed E-state index contributed by atoms with van der Waals surface area (Å²) in [5.74, 6) is -0.579. The van der Waals surface area contributed by atoms with Crippen LogP contribution in [0.2, 0.25) is 0 Å². The molecule has 0 rings (SSSR count). The van der Waals surface area contributed by atoms with Crippen molar-refractivity contribution in [3.8, 4) is 0 Å². The first kappa shape index (κ1) is 80.7. The normalized spacial score (nSPS) is 14.2. The number of ether oxygens (including phenoxy) is 1. The maximum absolute atomic E-state index is 13.6. The molecule has 484 valence electrons. The van der Waals surface area contributed by atoms with Crippen LogP contribution in [0.3, 0.4) is 0 Å². The number of rotatable bonds is 62. The van der Waals surface area contributed by atoms with Crippen LogP contribution in [0.4, 0.5) is 0 Å². The minimum Gasteiger partial charge on any atom is -0.756 e. The van der Waals surface area contributed by atoms with Gasteiger partial charge < -0.3 is 28.5 Å². The third-order valence-corrected chi connectivity index (χ3v) is 15.9. The molecule has 3 unspecified atom stereocenters. The van der Waals surface area contributed by atoms with Gasteiger partial charge in [-0.05, 0) is 115 Å². The van der Waals surface area contributed by atoms with E-state index in [1.807, 2.05) is 33.3 Å². The SMILES string of the molecule is CC/C=C\C/C=C\C/C=C\C/C=C\C/C=C\CCCCCC(=O)OC(/C=C\CCCCCCCCCCCC)C(COP(=O)([O-])OCC[N+](C)(C)C)NC(=O)CCCCCCCCCCCCCCCC/C=C\C/C=C\C/C=C\CCCCC. The van der Waals surface area contributed by atoms with Crippen molar-refractivity contribution >= 4 is 19.7 Å². The van der Waals surface area contributed by atoms with Gasteiger partial charge in [0.1, 0.15) is 19.3 Å². The van der Waals surface area contributed by atoms with Crippen LogP contribution in [-0.2, 0) is 27.9 Å². The summed E-state index contributed by atoms with van der Waals surface area (Å²) < 4.78 is 30.4. The number of quaternary nitrogens is 1. The van der Waals surface area contributed by atoms with E-state index in [-0.39, 0.29) is 24.9 Å². The summed E-state index contributed by atoms with van der Waals surface area (Å²) in [6, 6.07) is -0.909. The number of carbonyl (C=O) groups is 2. The lowest BCUT2D eigenvalue weighted by atomic mass is 10.0. The van der Waals surface area contributed by atoms with E-state index in [0.717, 1.165) is 109 Å². The van der Waals surface area contributed by atoms with E-state index >= 15 is 0 Å². The van der Waals surface area contributed by atoms with Gasteiger partial charge in [-0.25, -0.2) is 0 Å². The van der Waals surface area contributed by atoms with Gasteiger partial charge in [0.2, 0.25) is 5.91 Å². The molecule has 0 aromatic heterocycles. The third-order valence-electron chi connectivity index (χ3n) is 14.9. The van der Waals surface area contributed by atoms with Crippen LogP contribution >= 0.6 is 7.82 Å². The Morgan fingerprint density at radius 3 is 1.18 bits per heavy atom. The standard InChI is InChI=1S/C74H131N2O7P/c1-7-10-13-16-19-22-25-28-30-32-34-35-36-37-38-39-40-41-43-44-46-48-51-54-57-60-63-66-73(77)75-71(70-82-84(79,80)81-69-68-76(4,5)6)72(65-62-59-56-53-50-27-24-21-18-15-12-9-3)83-74(78)67-64-61-58-55-52-49-47-45-42-33-31-29-26-23-20-17-14-11-8-2/h11,14,19-20,22-23,28-31,34-35,42,45,49,52,62,65,71-72H,7-10,12-13,15-18,21,24-27,32-33,36-41,43-44,46-48,50-51,53-61,63-64,66-70H2,1-6H3,(H-,75,77,79,80)/b14-11-,22-19-,23-20-,30-28-,31-29-,35-34-,45-42-,52-49-,65-62-. The Kier molecular flexibility index (Phi) is 60.2. The van der Waals surface area contributed by atoms with E-state index in [1.54, 1.807) is 0 Å². The van der Waals surface area contributed by atoms with Crippen LogP contribution in [0.5, 0.6) is 0 Å². The monoisotopic (exact) mass is 1190 g/mol. The van der Waals surface area contributed by atoms with E-state index in [9.17, 15) is 19.0 Å². The van der Waals surface area contributed by atoms with Gasteiger partial charge in [-0.3, -0.25) is 14.2 Å². The topological polar surface area (TPSA) is 114 Å². The van der Waals surface area contributed by atoms with Crippen molar-refractivity contribution in [3.05, 3.63) is 109 Å². The van der Waals surface area contributed by atoms with Crippen molar-refractivity contribution in [3.63, 3.8) is 0 Å². The lowest BCUT2D eigenvalue weighted by molar-refractivity contribution is -0.870. The number of amides is 1. The molecule has 0 aliphatic carbocycles. The average Bonchev–Trinajstić information content (AvgIpc) is 3.65. The number of likely N-dealkylation sites (N-methyl/N-ethyl adjacent to an activating group) is 1. The van der Waals surface area contributed by atoms with E-state index in [1.165, 1.54) is 148 Å². The Morgan fingerprint density at radius 2 is 0.762 bits per heavy atom. The molecule has 9 nitrogen and oxygen atoms in total. The third kappa shape index (κ3) is 63.2. The highest BCUT2D eigenvalue weighted by Gasteiger charge is 2.27. The van der Waals surface area contributed by atoms with Crippen molar-refractivity contribution < 1.29 is 37.3 Å². The molecule has 0 saturated carbocycles. The first-order valence-corrected chi connectivity index (χ1v) is 36.2. The Bertz CT molecular complexity index is 1810. The van der Waals surface area contributed by atoms with Gasteiger partial charge in [0.15, 0.2) is 0 Å². The minimum absolute atomic E-state index is 0.0324. The summed E-state index contributed by atoms with van der Waals surface area (Å²) in [5, 5.41) is 3.03. The zero-order valence-electron chi connectivity index (χ0n) is 55.3. The lowest BCUT2D eigenvalue weighted by Crippen LogP contribution is -2.47. The molecule has 0 radical (unpaired) electrons. The molecule has 0 aromatic carbocycles. The van der Waals surface area contributed by atoms with Gasteiger partial charge >= 0.3 is 5.97 Å². The predicted octanol–water partition coefficient (Wildman–Crippen LogP) is 21.4. The van der Waals surface area contributed by atoms with Gasteiger partial charge in [-0.15, -0.1) is 0 Å². The number of carbonyl (C=O) groups excluding carboxylic acids is 2. The summed E-state index contributed by atoms with van der Waals surface area (Å²) in [7, 11) is 1.16. The highest BCUT2D eigenvalue weighted by molar-refractivity contribution is 7.45. The highest BCUT2D eigenvalue weighted by atomic mass is 31.2. The maximum atomic E-state index is 13.6. The van der Waals surface area contributed by atoms with Gasteiger partial charge in [0.25, 0.3) is 7.82 Å². The number of esters is 1. The molecular weight excluding hydrogens is 1060 g/mol. The fourth-order valence-electron chi connectivity index (χ4n) is 9.62. The largest absolute Gasteiger partial charge is 0.756 e.